The summed E-state index contributed by atoms with van der Waals surface area (Å²) in [6, 6.07) is 11.7. The summed E-state index contributed by atoms with van der Waals surface area (Å²) in [6.45, 7) is 2.94. The zero-order valence-corrected chi connectivity index (χ0v) is 12.4. The molecular formula is C17H17N3O2. The zero-order chi connectivity index (χ0) is 15.4. The number of fused-ring (bicyclic) bond motifs is 1. The van der Waals surface area contributed by atoms with Crippen LogP contribution < -0.4 is 5.56 Å². The van der Waals surface area contributed by atoms with Crippen molar-refractivity contribution in [2.45, 2.75) is 20.0 Å². The predicted molar refractivity (Wildman–Crippen MR) is 84.7 cm³/mol. The SMILES string of the molecule is Cc1ccccc1CCOCc1nc2ncccc2c(=O)[nH]1. The molecule has 0 unspecified atom stereocenters. The minimum atomic E-state index is -0.185. The van der Waals surface area contributed by atoms with Gasteiger partial charge < -0.3 is 9.72 Å². The summed E-state index contributed by atoms with van der Waals surface area (Å²) in [5.74, 6) is 0.501. The lowest BCUT2D eigenvalue weighted by Gasteiger charge is -2.07. The third-order valence-electron chi connectivity index (χ3n) is 3.55. The van der Waals surface area contributed by atoms with Crippen molar-refractivity contribution in [3.05, 3.63) is 69.9 Å². The number of nitrogens with one attached hydrogen (secondary N) is 1. The molecule has 5 heteroatoms. The standard InChI is InChI=1S/C17H17N3O2/c1-12-5-2-3-6-13(12)8-10-22-11-15-19-16-14(17(21)20-15)7-4-9-18-16/h2-7,9H,8,10-11H2,1H3,(H,18,19,20,21). The van der Waals surface area contributed by atoms with Gasteiger partial charge in [-0.25, -0.2) is 9.97 Å². The molecule has 112 valence electrons. The summed E-state index contributed by atoms with van der Waals surface area (Å²) in [4.78, 5) is 23.0. The molecule has 0 radical (unpaired) electrons. The predicted octanol–water partition coefficient (Wildman–Crippen LogP) is 2.39. The monoisotopic (exact) mass is 295 g/mol. The minimum absolute atomic E-state index is 0.185. The number of nitrogens with zero attached hydrogens (tertiary/aromatic N) is 2. The lowest BCUT2D eigenvalue weighted by atomic mass is 10.1. The van der Waals surface area contributed by atoms with Crippen molar-refractivity contribution in [1.82, 2.24) is 15.0 Å². The third-order valence-corrected chi connectivity index (χ3v) is 3.55. The Kier molecular flexibility index (Phi) is 4.25. The van der Waals surface area contributed by atoms with E-state index >= 15 is 0 Å². The molecule has 0 fully saturated rings. The van der Waals surface area contributed by atoms with E-state index in [4.69, 9.17) is 4.74 Å². The van der Waals surface area contributed by atoms with E-state index in [1.54, 1.807) is 18.3 Å². The minimum Gasteiger partial charge on any atom is -0.373 e. The van der Waals surface area contributed by atoms with Crippen LogP contribution in [0.5, 0.6) is 0 Å². The molecule has 22 heavy (non-hydrogen) atoms. The Balaban J connectivity index is 1.62. The molecule has 0 atom stereocenters. The van der Waals surface area contributed by atoms with Gasteiger partial charge in [0.2, 0.25) is 0 Å². The van der Waals surface area contributed by atoms with Gasteiger partial charge in [0, 0.05) is 6.20 Å². The molecule has 0 bridgehead atoms. The average molecular weight is 295 g/mol. The molecule has 1 aromatic carbocycles. The van der Waals surface area contributed by atoms with E-state index in [0.717, 1.165) is 6.42 Å². The van der Waals surface area contributed by atoms with Gasteiger partial charge in [0.25, 0.3) is 5.56 Å². The topological polar surface area (TPSA) is 67.9 Å². The normalized spacial score (nSPS) is 11.0. The van der Waals surface area contributed by atoms with E-state index in [9.17, 15) is 4.79 Å². The Morgan fingerprint density at radius 1 is 1.18 bits per heavy atom. The Hall–Kier alpha value is -2.53. The number of aromatic nitrogens is 3. The largest absolute Gasteiger partial charge is 0.373 e. The van der Waals surface area contributed by atoms with Crippen LogP contribution in [0.25, 0.3) is 11.0 Å². The third kappa shape index (κ3) is 3.20. The van der Waals surface area contributed by atoms with Crippen LogP contribution in [-0.2, 0) is 17.8 Å². The lowest BCUT2D eigenvalue weighted by molar-refractivity contribution is 0.118. The number of benzene rings is 1. The number of aromatic amines is 1. The molecule has 0 aliphatic rings. The first-order valence-corrected chi connectivity index (χ1v) is 7.20. The molecule has 0 aliphatic carbocycles. The molecule has 0 saturated carbocycles. The van der Waals surface area contributed by atoms with Gasteiger partial charge in [-0.15, -0.1) is 0 Å². The van der Waals surface area contributed by atoms with Crippen LogP contribution in [0.3, 0.4) is 0 Å². The van der Waals surface area contributed by atoms with Crippen LogP contribution in [0.1, 0.15) is 17.0 Å². The van der Waals surface area contributed by atoms with E-state index in [-0.39, 0.29) is 12.2 Å². The second kappa shape index (κ2) is 6.49. The molecule has 3 aromatic rings. The van der Waals surface area contributed by atoms with Crippen molar-refractivity contribution in [3.8, 4) is 0 Å². The maximum Gasteiger partial charge on any atom is 0.260 e. The quantitative estimate of drug-likeness (QED) is 0.734. The van der Waals surface area contributed by atoms with Crippen LogP contribution >= 0.6 is 0 Å². The van der Waals surface area contributed by atoms with E-state index in [1.165, 1.54) is 11.1 Å². The van der Waals surface area contributed by atoms with Crippen molar-refractivity contribution in [2.75, 3.05) is 6.61 Å². The summed E-state index contributed by atoms with van der Waals surface area (Å²) in [5, 5.41) is 0.492. The number of pyridine rings is 1. The van der Waals surface area contributed by atoms with Gasteiger partial charge in [-0.05, 0) is 36.6 Å². The second-order valence-electron chi connectivity index (χ2n) is 5.12. The van der Waals surface area contributed by atoms with E-state index < -0.39 is 0 Å². The fourth-order valence-corrected chi connectivity index (χ4v) is 2.33. The van der Waals surface area contributed by atoms with Crippen LogP contribution in [0, 0.1) is 6.92 Å². The van der Waals surface area contributed by atoms with E-state index in [1.807, 2.05) is 12.1 Å². The molecule has 0 saturated heterocycles. The Labute approximate surface area is 128 Å². The fraction of sp³-hybridized carbons (Fsp3) is 0.235. The van der Waals surface area contributed by atoms with Gasteiger partial charge in [-0.3, -0.25) is 4.79 Å². The number of aryl methyl sites for hydroxylation is 1. The first kappa shape index (κ1) is 14.4. The number of rotatable bonds is 5. The van der Waals surface area contributed by atoms with Crippen molar-refractivity contribution in [3.63, 3.8) is 0 Å². The molecule has 5 nitrogen and oxygen atoms in total. The van der Waals surface area contributed by atoms with E-state index in [0.29, 0.717) is 23.5 Å². The molecule has 2 aromatic heterocycles. The van der Waals surface area contributed by atoms with Gasteiger partial charge in [-0.2, -0.15) is 0 Å². The van der Waals surface area contributed by atoms with Crippen LogP contribution in [0.2, 0.25) is 0 Å². The van der Waals surface area contributed by atoms with Crippen molar-refractivity contribution in [2.24, 2.45) is 0 Å². The molecule has 3 rings (SSSR count). The van der Waals surface area contributed by atoms with Gasteiger partial charge in [-0.1, -0.05) is 24.3 Å². The highest BCUT2D eigenvalue weighted by atomic mass is 16.5. The van der Waals surface area contributed by atoms with Gasteiger partial charge >= 0.3 is 0 Å². The van der Waals surface area contributed by atoms with Crippen molar-refractivity contribution >= 4 is 11.0 Å². The first-order chi connectivity index (χ1) is 10.7. The second-order valence-corrected chi connectivity index (χ2v) is 5.12. The zero-order valence-electron chi connectivity index (χ0n) is 12.4. The maximum atomic E-state index is 11.9. The molecule has 0 aliphatic heterocycles. The Morgan fingerprint density at radius 2 is 2.05 bits per heavy atom. The highest BCUT2D eigenvalue weighted by Gasteiger charge is 2.04. The van der Waals surface area contributed by atoms with Crippen LogP contribution in [0.4, 0.5) is 0 Å². The number of ether oxygens (including phenoxy) is 1. The highest BCUT2D eigenvalue weighted by Crippen LogP contribution is 2.08. The summed E-state index contributed by atoms with van der Waals surface area (Å²) >= 11 is 0. The average Bonchev–Trinajstić information content (AvgIpc) is 2.53. The van der Waals surface area contributed by atoms with Crippen molar-refractivity contribution < 1.29 is 4.74 Å². The number of hydrogen-bond donors (Lipinski definition) is 1. The Morgan fingerprint density at radius 3 is 2.91 bits per heavy atom. The summed E-state index contributed by atoms with van der Waals surface area (Å²) < 4.78 is 5.62. The number of H-pyrrole nitrogens is 1. The van der Waals surface area contributed by atoms with Gasteiger partial charge in [0.05, 0.1) is 12.0 Å². The van der Waals surface area contributed by atoms with Crippen LogP contribution in [0.15, 0.2) is 47.4 Å². The summed E-state index contributed by atoms with van der Waals surface area (Å²) in [6.07, 6.45) is 2.46. The highest BCUT2D eigenvalue weighted by molar-refractivity contribution is 5.72. The van der Waals surface area contributed by atoms with Gasteiger partial charge in [0.1, 0.15) is 12.4 Å². The molecular weight excluding hydrogens is 278 g/mol. The van der Waals surface area contributed by atoms with Crippen molar-refractivity contribution in [1.29, 1.82) is 0 Å². The molecule has 0 spiro atoms. The lowest BCUT2D eigenvalue weighted by Crippen LogP contribution is -2.14. The maximum absolute atomic E-state index is 11.9. The summed E-state index contributed by atoms with van der Waals surface area (Å²) in [7, 11) is 0. The number of hydrogen-bond acceptors (Lipinski definition) is 4. The van der Waals surface area contributed by atoms with Crippen LogP contribution in [-0.4, -0.2) is 21.6 Å². The molecule has 0 amide bonds. The van der Waals surface area contributed by atoms with E-state index in [2.05, 4.69) is 34.0 Å². The Bertz CT molecular complexity index is 842. The molecule has 1 N–H and O–H groups in total. The molecule has 2 heterocycles. The fourth-order valence-electron chi connectivity index (χ4n) is 2.33. The summed E-state index contributed by atoms with van der Waals surface area (Å²) in [5.41, 5.74) is 2.79. The smallest absolute Gasteiger partial charge is 0.260 e. The first-order valence-electron chi connectivity index (χ1n) is 7.20. The van der Waals surface area contributed by atoms with Gasteiger partial charge in [0.15, 0.2) is 5.65 Å².